The van der Waals surface area contributed by atoms with Gasteiger partial charge < -0.3 is 19.9 Å². The van der Waals surface area contributed by atoms with Gasteiger partial charge in [-0.05, 0) is 37.5 Å². The highest BCUT2D eigenvalue weighted by molar-refractivity contribution is 5.79. The van der Waals surface area contributed by atoms with Crippen LogP contribution < -0.4 is 15.4 Å². The van der Waals surface area contributed by atoms with Crippen molar-refractivity contribution in [3.05, 3.63) is 41.5 Å². The van der Waals surface area contributed by atoms with E-state index in [0.717, 1.165) is 42.6 Å². The summed E-state index contributed by atoms with van der Waals surface area (Å²) in [6.07, 6.45) is 2.63. The summed E-state index contributed by atoms with van der Waals surface area (Å²) in [4.78, 5) is 4.23. The largest absolute Gasteiger partial charge is 0.496 e. The van der Waals surface area contributed by atoms with Crippen LogP contribution in [0, 0.1) is 6.92 Å². The number of methoxy groups -OCH3 is 1. The molecule has 0 bridgehead atoms. The fraction of sp³-hybridized carbons (Fsp3) is 0.471. The van der Waals surface area contributed by atoms with Crippen molar-refractivity contribution in [2.45, 2.75) is 33.4 Å². The highest BCUT2D eigenvalue weighted by atomic mass is 16.5. The predicted molar refractivity (Wildman–Crippen MR) is 95.3 cm³/mol. The number of nitrogens with zero attached hydrogens (tertiary/aromatic N) is 4. The number of hydrogen-bond acceptors (Lipinski definition) is 4. The first kappa shape index (κ1) is 17.8. The van der Waals surface area contributed by atoms with Crippen molar-refractivity contribution >= 4 is 5.96 Å². The topological polar surface area (TPSA) is 76.4 Å². The Morgan fingerprint density at radius 3 is 2.88 bits per heavy atom. The van der Waals surface area contributed by atoms with Gasteiger partial charge in [0.15, 0.2) is 11.8 Å². The number of rotatable bonds is 7. The summed E-state index contributed by atoms with van der Waals surface area (Å²) in [5, 5.41) is 14.6. The normalized spacial score (nSPS) is 11.4. The second-order valence-electron chi connectivity index (χ2n) is 5.44. The van der Waals surface area contributed by atoms with E-state index in [2.05, 4.69) is 50.9 Å². The van der Waals surface area contributed by atoms with Crippen LogP contribution >= 0.6 is 0 Å². The van der Waals surface area contributed by atoms with E-state index in [-0.39, 0.29) is 0 Å². The third kappa shape index (κ3) is 4.71. The summed E-state index contributed by atoms with van der Waals surface area (Å²) in [6.45, 7) is 6.33. The van der Waals surface area contributed by atoms with Crippen LogP contribution in [0.25, 0.3) is 0 Å². The van der Waals surface area contributed by atoms with E-state index in [0.29, 0.717) is 6.54 Å². The Morgan fingerprint density at radius 1 is 1.33 bits per heavy atom. The minimum absolute atomic E-state index is 0.589. The average molecular weight is 330 g/mol. The van der Waals surface area contributed by atoms with E-state index in [1.54, 1.807) is 20.5 Å². The van der Waals surface area contributed by atoms with Crippen molar-refractivity contribution in [2.24, 2.45) is 4.99 Å². The van der Waals surface area contributed by atoms with Crippen LogP contribution in [0.5, 0.6) is 5.75 Å². The Kier molecular flexibility index (Phi) is 6.60. The highest BCUT2D eigenvalue weighted by Crippen LogP contribution is 2.18. The highest BCUT2D eigenvalue weighted by Gasteiger charge is 2.05. The van der Waals surface area contributed by atoms with E-state index < -0.39 is 0 Å². The smallest absolute Gasteiger partial charge is 0.191 e. The first-order valence-corrected chi connectivity index (χ1v) is 8.12. The zero-order valence-electron chi connectivity index (χ0n) is 14.8. The maximum absolute atomic E-state index is 5.36. The molecule has 7 heteroatoms. The quantitative estimate of drug-likeness (QED) is 0.595. The molecular weight excluding hydrogens is 304 g/mol. The molecule has 0 saturated carbocycles. The van der Waals surface area contributed by atoms with Crippen molar-refractivity contribution in [3.63, 3.8) is 0 Å². The molecule has 0 aliphatic rings. The molecule has 1 aromatic carbocycles. The molecule has 1 heterocycles. The number of guanidine groups is 1. The number of nitrogens with one attached hydrogen (secondary N) is 2. The maximum atomic E-state index is 5.36. The number of aliphatic imine (C=N–C) groups is 1. The van der Waals surface area contributed by atoms with E-state index in [1.807, 2.05) is 11.5 Å². The molecule has 0 aliphatic heterocycles. The van der Waals surface area contributed by atoms with Gasteiger partial charge in [0.2, 0.25) is 0 Å². The first-order chi connectivity index (χ1) is 11.7. The zero-order valence-corrected chi connectivity index (χ0v) is 14.8. The van der Waals surface area contributed by atoms with Crippen LogP contribution in [-0.2, 0) is 19.5 Å². The molecule has 0 unspecified atom stereocenters. The second-order valence-corrected chi connectivity index (χ2v) is 5.44. The van der Waals surface area contributed by atoms with Gasteiger partial charge in [-0.2, -0.15) is 0 Å². The number of benzene rings is 1. The lowest BCUT2D eigenvalue weighted by molar-refractivity contribution is 0.411. The van der Waals surface area contributed by atoms with Crippen molar-refractivity contribution in [1.29, 1.82) is 0 Å². The third-order valence-corrected chi connectivity index (χ3v) is 3.85. The van der Waals surface area contributed by atoms with E-state index in [9.17, 15) is 0 Å². The van der Waals surface area contributed by atoms with Gasteiger partial charge in [0.1, 0.15) is 12.1 Å². The minimum Gasteiger partial charge on any atom is -0.496 e. The van der Waals surface area contributed by atoms with Crippen LogP contribution in [0.2, 0.25) is 0 Å². The standard InChI is InChI=1S/C17H26N6O/c1-5-23-12-21-22-16(23)11-20-17(18-3)19-9-8-14-7-6-13(2)15(10-14)24-4/h6-7,10,12H,5,8-9,11H2,1-4H3,(H2,18,19,20). The third-order valence-electron chi connectivity index (χ3n) is 3.85. The van der Waals surface area contributed by atoms with Gasteiger partial charge in [0.05, 0.1) is 13.7 Å². The van der Waals surface area contributed by atoms with Gasteiger partial charge in [0, 0.05) is 20.1 Å². The molecule has 7 nitrogen and oxygen atoms in total. The fourth-order valence-electron chi connectivity index (χ4n) is 2.41. The fourth-order valence-corrected chi connectivity index (χ4v) is 2.41. The molecule has 0 spiro atoms. The van der Waals surface area contributed by atoms with Crippen molar-refractivity contribution in [1.82, 2.24) is 25.4 Å². The van der Waals surface area contributed by atoms with Gasteiger partial charge in [-0.3, -0.25) is 4.99 Å². The molecule has 0 atom stereocenters. The lowest BCUT2D eigenvalue weighted by Gasteiger charge is -2.12. The average Bonchev–Trinajstić information content (AvgIpc) is 3.06. The Balaban J connectivity index is 1.81. The molecule has 0 saturated heterocycles. The van der Waals surface area contributed by atoms with Crippen LogP contribution in [0.1, 0.15) is 23.9 Å². The van der Waals surface area contributed by atoms with Gasteiger partial charge in [0.25, 0.3) is 0 Å². The van der Waals surface area contributed by atoms with Crippen LogP contribution in [0.15, 0.2) is 29.5 Å². The summed E-state index contributed by atoms with van der Waals surface area (Å²) in [7, 11) is 3.46. The van der Waals surface area contributed by atoms with Crippen molar-refractivity contribution in [2.75, 3.05) is 20.7 Å². The molecule has 2 rings (SSSR count). The summed E-state index contributed by atoms with van der Waals surface area (Å²) in [5.41, 5.74) is 2.37. The first-order valence-electron chi connectivity index (χ1n) is 8.12. The number of aryl methyl sites for hydroxylation is 2. The molecule has 24 heavy (non-hydrogen) atoms. The van der Waals surface area contributed by atoms with Gasteiger partial charge in [-0.15, -0.1) is 10.2 Å². The Hall–Kier alpha value is -2.57. The molecule has 130 valence electrons. The van der Waals surface area contributed by atoms with E-state index in [1.165, 1.54) is 5.56 Å². The van der Waals surface area contributed by atoms with Gasteiger partial charge in [-0.1, -0.05) is 12.1 Å². The molecule has 0 fully saturated rings. The molecular formula is C17H26N6O. The molecule has 0 radical (unpaired) electrons. The van der Waals surface area contributed by atoms with Crippen LogP contribution in [0.3, 0.4) is 0 Å². The Bertz CT molecular complexity index is 679. The summed E-state index contributed by atoms with van der Waals surface area (Å²) >= 11 is 0. The predicted octanol–water partition coefficient (Wildman–Crippen LogP) is 1.52. The van der Waals surface area contributed by atoms with Gasteiger partial charge in [-0.25, -0.2) is 0 Å². The second kappa shape index (κ2) is 8.90. The molecule has 1 aromatic heterocycles. The van der Waals surface area contributed by atoms with Crippen LogP contribution in [-0.4, -0.2) is 41.4 Å². The molecule has 0 amide bonds. The number of hydrogen-bond donors (Lipinski definition) is 2. The maximum Gasteiger partial charge on any atom is 0.191 e. The monoisotopic (exact) mass is 330 g/mol. The lowest BCUT2D eigenvalue weighted by atomic mass is 10.1. The van der Waals surface area contributed by atoms with Crippen molar-refractivity contribution in [3.8, 4) is 5.75 Å². The molecule has 2 N–H and O–H groups in total. The van der Waals surface area contributed by atoms with Crippen LogP contribution in [0.4, 0.5) is 0 Å². The number of aromatic nitrogens is 3. The summed E-state index contributed by atoms with van der Waals surface area (Å²) < 4.78 is 7.36. The van der Waals surface area contributed by atoms with Crippen molar-refractivity contribution < 1.29 is 4.74 Å². The van der Waals surface area contributed by atoms with Gasteiger partial charge >= 0.3 is 0 Å². The van der Waals surface area contributed by atoms with E-state index in [4.69, 9.17) is 4.74 Å². The Morgan fingerprint density at radius 2 is 2.17 bits per heavy atom. The molecule has 2 aromatic rings. The minimum atomic E-state index is 0.589. The lowest BCUT2D eigenvalue weighted by Crippen LogP contribution is -2.38. The summed E-state index contributed by atoms with van der Waals surface area (Å²) in [6, 6.07) is 6.29. The summed E-state index contributed by atoms with van der Waals surface area (Å²) in [5.74, 6) is 2.57. The number of ether oxygens (including phenoxy) is 1. The van der Waals surface area contributed by atoms with E-state index >= 15 is 0 Å². The SMILES string of the molecule is CCn1cnnc1CNC(=NC)NCCc1ccc(C)c(OC)c1. The Labute approximate surface area is 143 Å². The zero-order chi connectivity index (χ0) is 17.4. The molecule has 0 aliphatic carbocycles.